The number of carbonyl (C=O) groups is 2. The van der Waals surface area contributed by atoms with E-state index in [1.807, 2.05) is 47.4 Å². The summed E-state index contributed by atoms with van der Waals surface area (Å²) in [6, 6.07) is 15.4. The van der Waals surface area contributed by atoms with Gasteiger partial charge in [0.15, 0.2) is 0 Å². The van der Waals surface area contributed by atoms with Crippen LogP contribution in [0.1, 0.15) is 25.3 Å². The summed E-state index contributed by atoms with van der Waals surface area (Å²) in [4.78, 5) is 28.4. The molecule has 0 radical (unpaired) electrons. The summed E-state index contributed by atoms with van der Waals surface area (Å²) >= 11 is 0. The summed E-state index contributed by atoms with van der Waals surface area (Å²) in [7, 11) is 1.58. The van der Waals surface area contributed by atoms with E-state index in [1.54, 1.807) is 12.0 Å². The van der Waals surface area contributed by atoms with Crippen LogP contribution < -0.4 is 14.5 Å². The van der Waals surface area contributed by atoms with Crippen LogP contribution in [0.25, 0.3) is 0 Å². The molecule has 0 unspecified atom stereocenters. The maximum absolute atomic E-state index is 12.8. The number of fused-ring (bicyclic) bond motifs is 1. The molecule has 26 heavy (non-hydrogen) atoms. The molecule has 1 aliphatic rings. The highest BCUT2D eigenvalue weighted by Crippen LogP contribution is 2.29. The number of anilines is 2. The van der Waals surface area contributed by atoms with Gasteiger partial charge in [-0.2, -0.15) is 0 Å². The van der Waals surface area contributed by atoms with E-state index in [9.17, 15) is 9.59 Å². The fraction of sp³-hybridized carbons (Fsp3) is 0.333. The van der Waals surface area contributed by atoms with Crippen LogP contribution in [0.5, 0.6) is 5.75 Å². The smallest absolute Gasteiger partial charge is 0.228 e. The van der Waals surface area contributed by atoms with Crippen LogP contribution in [0, 0.1) is 0 Å². The lowest BCUT2D eigenvalue weighted by Crippen LogP contribution is -2.39. The number of rotatable bonds is 5. The van der Waals surface area contributed by atoms with Crippen LogP contribution in [0.2, 0.25) is 0 Å². The van der Waals surface area contributed by atoms with Crippen molar-refractivity contribution in [3.8, 4) is 5.75 Å². The Morgan fingerprint density at radius 2 is 1.85 bits per heavy atom. The molecule has 0 atom stereocenters. The van der Waals surface area contributed by atoms with Gasteiger partial charge in [-0.3, -0.25) is 9.59 Å². The Labute approximate surface area is 154 Å². The van der Waals surface area contributed by atoms with Crippen LogP contribution in [0.15, 0.2) is 48.5 Å². The van der Waals surface area contributed by atoms with Crippen molar-refractivity contribution in [2.75, 3.05) is 30.0 Å². The third-order valence-electron chi connectivity index (χ3n) is 4.72. The van der Waals surface area contributed by atoms with E-state index in [-0.39, 0.29) is 18.2 Å². The summed E-state index contributed by atoms with van der Waals surface area (Å²) in [6.45, 7) is 2.56. The first-order valence-electron chi connectivity index (χ1n) is 8.91. The summed E-state index contributed by atoms with van der Waals surface area (Å²) in [5.41, 5.74) is 2.89. The minimum absolute atomic E-state index is 0.0401. The van der Waals surface area contributed by atoms with Crippen LogP contribution >= 0.6 is 0 Å². The van der Waals surface area contributed by atoms with Gasteiger partial charge in [-0.1, -0.05) is 30.3 Å². The van der Waals surface area contributed by atoms with Crippen molar-refractivity contribution in [2.45, 2.75) is 26.2 Å². The normalized spacial score (nSPS) is 13.1. The van der Waals surface area contributed by atoms with Gasteiger partial charge in [-0.05, 0) is 36.6 Å². The van der Waals surface area contributed by atoms with E-state index in [0.29, 0.717) is 18.0 Å². The van der Waals surface area contributed by atoms with E-state index in [4.69, 9.17) is 4.74 Å². The number of carbonyl (C=O) groups excluding carboxylic acids is 2. The van der Waals surface area contributed by atoms with Crippen LogP contribution in [0.4, 0.5) is 11.4 Å². The standard InChI is InChI=1S/C21H24N2O3/c1-16(24)22(19-11-5-6-12-20(19)26-2)15-13-21(25)23-14-7-9-17-8-3-4-10-18(17)23/h3-6,8,10-12H,7,9,13-15H2,1-2H3. The molecule has 1 aliphatic heterocycles. The molecule has 5 nitrogen and oxygen atoms in total. The summed E-state index contributed by atoms with van der Waals surface area (Å²) in [6.07, 6.45) is 2.23. The predicted octanol–water partition coefficient (Wildman–Crippen LogP) is 3.42. The molecule has 0 saturated carbocycles. The second-order valence-electron chi connectivity index (χ2n) is 6.37. The first-order valence-corrected chi connectivity index (χ1v) is 8.91. The molecular weight excluding hydrogens is 328 g/mol. The number of hydrogen-bond acceptors (Lipinski definition) is 3. The van der Waals surface area contributed by atoms with E-state index >= 15 is 0 Å². The van der Waals surface area contributed by atoms with Crippen LogP contribution in [-0.2, 0) is 16.0 Å². The zero-order valence-electron chi connectivity index (χ0n) is 15.3. The van der Waals surface area contributed by atoms with Gasteiger partial charge in [0.25, 0.3) is 0 Å². The van der Waals surface area contributed by atoms with Crippen molar-refractivity contribution in [1.29, 1.82) is 0 Å². The van der Waals surface area contributed by atoms with Crippen molar-refractivity contribution in [3.05, 3.63) is 54.1 Å². The number of nitrogens with zero attached hydrogens (tertiary/aromatic N) is 2. The molecule has 0 aliphatic carbocycles. The Morgan fingerprint density at radius 3 is 2.62 bits per heavy atom. The Hall–Kier alpha value is -2.82. The van der Waals surface area contributed by atoms with Gasteiger partial charge in [0.05, 0.1) is 12.8 Å². The van der Waals surface area contributed by atoms with E-state index in [1.165, 1.54) is 12.5 Å². The van der Waals surface area contributed by atoms with Gasteiger partial charge < -0.3 is 14.5 Å². The van der Waals surface area contributed by atoms with Gasteiger partial charge in [0.1, 0.15) is 5.75 Å². The predicted molar refractivity (Wildman–Crippen MR) is 103 cm³/mol. The third-order valence-corrected chi connectivity index (χ3v) is 4.72. The Bertz CT molecular complexity index is 803. The van der Waals surface area contributed by atoms with Gasteiger partial charge >= 0.3 is 0 Å². The number of amides is 2. The van der Waals surface area contributed by atoms with Gasteiger partial charge in [-0.25, -0.2) is 0 Å². The number of benzene rings is 2. The molecule has 0 fully saturated rings. The first kappa shape index (κ1) is 18.0. The first-order chi connectivity index (χ1) is 12.6. The Balaban J connectivity index is 1.74. The molecule has 2 aromatic carbocycles. The minimum atomic E-state index is -0.110. The second kappa shape index (κ2) is 8.04. The number of methoxy groups -OCH3 is 1. The number of para-hydroxylation sites is 3. The van der Waals surface area contributed by atoms with Gasteiger partial charge in [0.2, 0.25) is 11.8 Å². The number of aryl methyl sites for hydroxylation is 1. The topological polar surface area (TPSA) is 49.9 Å². The average Bonchev–Trinajstić information content (AvgIpc) is 2.67. The lowest BCUT2D eigenvalue weighted by atomic mass is 10.0. The molecular formula is C21H24N2O3. The molecule has 136 valence electrons. The fourth-order valence-corrected chi connectivity index (χ4v) is 3.44. The summed E-state index contributed by atoms with van der Waals surface area (Å²) < 4.78 is 5.36. The molecule has 3 rings (SSSR count). The van der Waals surface area contributed by atoms with Crippen LogP contribution in [0.3, 0.4) is 0 Å². The van der Waals surface area contributed by atoms with Crippen molar-refractivity contribution in [2.24, 2.45) is 0 Å². The van der Waals surface area contributed by atoms with Gasteiger partial charge in [0, 0.05) is 32.1 Å². The molecule has 1 heterocycles. The molecule has 0 spiro atoms. The highest BCUT2D eigenvalue weighted by Gasteiger charge is 2.24. The zero-order chi connectivity index (χ0) is 18.5. The second-order valence-corrected chi connectivity index (χ2v) is 6.37. The molecule has 2 aromatic rings. The number of ether oxygens (including phenoxy) is 1. The van der Waals surface area contributed by atoms with E-state index in [2.05, 4.69) is 6.07 Å². The lowest BCUT2D eigenvalue weighted by molar-refractivity contribution is -0.118. The van der Waals surface area contributed by atoms with Crippen molar-refractivity contribution < 1.29 is 14.3 Å². The summed E-state index contributed by atoms with van der Waals surface area (Å²) in [5, 5.41) is 0. The maximum Gasteiger partial charge on any atom is 0.228 e. The maximum atomic E-state index is 12.8. The molecule has 0 aromatic heterocycles. The highest BCUT2D eigenvalue weighted by atomic mass is 16.5. The number of hydrogen-bond donors (Lipinski definition) is 0. The Morgan fingerprint density at radius 1 is 1.12 bits per heavy atom. The molecule has 0 bridgehead atoms. The SMILES string of the molecule is COc1ccccc1N(CCC(=O)N1CCCc2ccccc21)C(C)=O. The van der Waals surface area contributed by atoms with Crippen LogP contribution in [-0.4, -0.2) is 32.0 Å². The zero-order valence-corrected chi connectivity index (χ0v) is 15.3. The lowest BCUT2D eigenvalue weighted by Gasteiger charge is -2.30. The quantitative estimate of drug-likeness (QED) is 0.828. The van der Waals surface area contributed by atoms with Gasteiger partial charge in [-0.15, -0.1) is 0 Å². The highest BCUT2D eigenvalue weighted by molar-refractivity contribution is 5.97. The van der Waals surface area contributed by atoms with Crippen molar-refractivity contribution in [1.82, 2.24) is 0 Å². The fourth-order valence-electron chi connectivity index (χ4n) is 3.44. The van der Waals surface area contributed by atoms with Crippen molar-refractivity contribution in [3.63, 3.8) is 0 Å². The molecule has 0 saturated heterocycles. The van der Waals surface area contributed by atoms with E-state index in [0.717, 1.165) is 25.1 Å². The minimum Gasteiger partial charge on any atom is -0.495 e. The average molecular weight is 352 g/mol. The Kier molecular flexibility index (Phi) is 5.56. The largest absolute Gasteiger partial charge is 0.495 e. The van der Waals surface area contributed by atoms with E-state index < -0.39 is 0 Å². The summed E-state index contributed by atoms with van der Waals surface area (Å²) in [5.74, 6) is 0.554. The van der Waals surface area contributed by atoms with Crippen molar-refractivity contribution >= 4 is 23.2 Å². The monoisotopic (exact) mass is 352 g/mol. The molecule has 2 amide bonds. The molecule has 5 heteroatoms. The molecule has 0 N–H and O–H groups in total. The third kappa shape index (κ3) is 3.72.